The Labute approximate surface area is 122 Å². The quantitative estimate of drug-likeness (QED) is 0.895. The highest BCUT2D eigenvalue weighted by Crippen LogP contribution is 2.37. The van der Waals surface area contributed by atoms with E-state index in [1.54, 1.807) is 0 Å². The predicted octanol–water partition coefficient (Wildman–Crippen LogP) is 3.86. The van der Waals surface area contributed by atoms with Gasteiger partial charge in [0.2, 0.25) is 0 Å². The summed E-state index contributed by atoms with van der Waals surface area (Å²) in [7, 11) is 0. The van der Waals surface area contributed by atoms with Gasteiger partial charge in [0.05, 0.1) is 13.2 Å². The Bertz CT molecular complexity index is 447. The maximum atomic E-state index is 5.76. The first kappa shape index (κ1) is 13.4. The SMILES string of the molecule is Cc1cc(Br)ccc1NC1CCC2(CC1)OCCO2. The number of hydrogen-bond acceptors (Lipinski definition) is 3. The number of anilines is 1. The van der Waals surface area contributed by atoms with Gasteiger partial charge in [-0.2, -0.15) is 0 Å². The molecule has 0 atom stereocenters. The number of aryl methyl sites for hydroxylation is 1. The molecule has 1 aliphatic carbocycles. The van der Waals surface area contributed by atoms with Gasteiger partial charge in [-0.25, -0.2) is 0 Å². The van der Waals surface area contributed by atoms with Gasteiger partial charge in [-0.1, -0.05) is 15.9 Å². The zero-order valence-corrected chi connectivity index (χ0v) is 12.8. The van der Waals surface area contributed by atoms with Gasteiger partial charge >= 0.3 is 0 Å². The molecule has 0 bridgehead atoms. The second-order valence-electron chi connectivity index (χ2n) is 5.49. The third-order valence-electron chi connectivity index (χ3n) is 4.11. The lowest BCUT2D eigenvalue weighted by Crippen LogP contribution is -2.39. The second-order valence-corrected chi connectivity index (χ2v) is 6.40. The van der Waals surface area contributed by atoms with Crippen molar-refractivity contribution >= 4 is 21.6 Å². The number of rotatable bonds is 2. The van der Waals surface area contributed by atoms with Gasteiger partial charge in [0, 0.05) is 29.0 Å². The molecule has 0 aromatic heterocycles. The van der Waals surface area contributed by atoms with E-state index < -0.39 is 0 Å². The largest absolute Gasteiger partial charge is 0.382 e. The molecule has 1 saturated heterocycles. The minimum Gasteiger partial charge on any atom is -0.382 e. The van der Waals surface area contributed by atoms with Gasteiger partial charge in [0.1, 0.15) is 0 Å². The Balaban J connectivity index is 1.60. The standard InChI is InChI=1S/C15H20BrNO2/c1-11-10-12(16)2-3-14(11)17-13-4-6-15(7-5-13)18-8-9-19-15/h2-3,10,13,17H,4-9H2,1H3. The molecule has 3 rings (SSSR count). The maximum absolute atomic E-state index is 5.76. The van der Waals surface area contributed by atoms with Crippen molar-refractivity contribution in [2.75, 3.05) is 18.5 Å². The summed E-state index contributed by atoms with van der Waals surface area (Å²) >= 11 is 3.50. The molecule has 2 fully saturated rings. The van der Waals surface area contributed by atoms with Crippen LogP contribution in [0.3, 0.4) is 0 Å². The fraction of sp³-hybridized carbons (Fsp3) is 0.600. The highest BCUT2D eigenvalue weighted by Gasteiger charge is 2.40. The Morgan fingerprint density at radius 1 is 1.21 bits per heavy atom. The summed E-state index contributed by atoms with van der Waals surface area (Å²) < 4.78 is 12.7. The molecule has 0 amide bonds. The molecule has 2 aliphatic rings. The molecule has 1 aliphatic heterocycles. The summed E-state index contributed by atoms with van der Waals surface area (Å²) in [6.45, 7) is 3.65. The van der Waals surface area contributed by atoms with Crippen LogP contribution >= 0.6 is 15.9 Å². The molecule has 3 nitrogen and oxygen atoms in total. The van der Waals surface area contributed by atoms with Crippen LogP contribution in [-0.4, -0.2) is 25.0 Å². The summed E-state index contributed by atoms with van der Waals surface area (Å²) in [6.07, 6.45) is 4.21. The van der Waals surface area contributed by atoms with Gasteiger partial charge in [-0.3, -0.25) is 0 Å². The van der Waals surface area contributed by atoms with E-state index in [2.05, 4.69) is 46.4 Å². The summed E-state index contributed by atoms with van der Waals surface area (Å²) in [6, 6.07) is 6.91. The molecule has 0 unspecified atom stereocenters. The molecule has 19 heavy (non-hydrogen) atoms. The Kier molecular flexibility index (Phi) is 3.83. The van der Waals surface area contributed by atoms with E-state index in [1.165, 1.54) is 11.3 Å². The lowest BCUT2D eigenvalue weighted by molar-refractivity contribution is -0.177. The first-order valence-corrected chi connectivity index (χ1v) is 7.77. The van der Waals surface area contributed by atoms with Crippen LogP contribution in [-0.2, 0) is 9.47 Å². The molecule has 1 heterocycles. The van der Waals surface area contributed by atoms with Crippen LogP contribution in [0.5, 0.6) is 0 Å². The van der Waals surface area contributed by atoms with Crippen LogP contribution in [0.4, 0.5) is 5.69 Å². The van der Waals surface area contributed by atoms with Crippen LogP contribution in [0, 0.1) is 6.92 Å². The summed E-state index contributed by atoms with van der Waals surface area (Å²) in [5.41, 5.74) is 2.51. The van der Waals surface area contributed by atoms with Crippen LogP contribution in [0.1, 0.15) is 31.2 Å². The highest BCUT2D eigenvalue weighted by molar-refractivity contribution is 9.10. The normalized spacial score (nSPS) is 22.8. The van der Waals surface area contributed by atoms with E-state index in [1.807, 2.05) is 0 Å². The first-order valence-electron chi connectivity index (χ1n) is 6.97. The highest BCUT2D eigenvalue weighted by atomic mass is 79.9. The molecular weight excluding hydrogens is 306 g/mol. The van der Waals surface area contributed by atoms with E-state index in [4.69, 9.17) is 9.47 Å². The summed E-state index contributed by atoms with van der Waals surface area (Å²) in [5.74, 6) is -0.257. The number of ether oxygens (including phenoxy) is 2. The van der Waals surface area contributed by atoms with Gasteiger partial charge in [-0.15, -0.1) is 0 Å². The maximum Gasteiger partial charge on any atom is 0.168 e. The van der Waals surface area contributed by atoms with Crippen molar-refractivity contribution in [3.63, 3.8) is 0 Å². The molecule has 1 saturated carbocycles. The monoisotopic (exact) mass is 325 g/mol. The van der Waals surface area contributed by atoms with Crippen molar-refractivity contribution in [1.82, 2.24) is 0 Å². The third-order valence-corrected chi connectivity index (χ3v) is 4.60. The summed E-state index contributed by atoms with van der Waals surface area (Å²) in [5, 5.41) is 3.65. The summed E-state index contributed by atoms with van der Waals surface area (Å²) in [4.78, 5) is 0. The first-order chi connectivity index (χ1) is 9.17. The Hall–Kier alpha value is -0.580. The van der Waals surface area contributed by atoms with Crippen molar-refractivity contribution in [2.24, 2.45) is 0 Å². The Morgan fingerprint density at radius 2 is 1.89 bits per heavy atom. The van der Waals surface area contributed by atoms with Crippen molar-refractivity contribution in [3.05, 3.63) is 28.2 Å². The van der Waals surface area contributed by atoms with Gasteiger partial charge < -0.3 is 14.8 Å². The molecule has 4 heteroatoms. The van der Waals surface area contributed by atoms with Crippen molar-refractivity contribution < 1.29 is 9.47 Å². The van der Waals surface area contributed by atoms with Crippen molar-refractivity contribution in [3.8, 4) is 0 Å². The van der Waals surface area contributed by atoms with Gasteiger partial charge in [0.15, 0.2) is 5.79 Å². The lowest BCUT2D eigenvalue weighted by atomic mass is 9.90. The van der Waals surface area contributed by atoms with Gasteiger partial charge in [-0.05, 0) is 43.5 Å². The molecule has 1 spiro atoms. The zero-order chi connectivity index (χ0) is 13.3. The minimum absolute atomic E-state index is 0.257. The van der Waals surface area contributed by atoms with Crippen LogP contribution < -0.4 is 5.32 Å². The minimum atomic E-state index is -0.257. The molecule has 0 radical (unpaired) electrons. The molecular formula is C15H20BrNO2. The molecule has 1 aromatic rings. The topological polar surface area (TPSA) is 30.5 Å². The average Bonchev–Trinajstić information content (AvgIpc) is 2.84. The fourth-order valence-corrected chi connectivity index (χ4v) is 3.47. The fourth-order valence-electron chi connectivity index (χ4n) is 3.00. The van der Waals surface area contributed by atoms with Gasteiger partial charge in [0.25, 0.3) is 0 Å². The van der Waals surface area contributed by atoms with Crippen molar-refractivity contribution in [1.29, 1.82) is 0 Å². The van der Waals surface area contributed by atoms with E-state index >= 15 is 0 Å². The number of hydrogen-bond donors (Lipinski definition) is 1. The van der Waals surface area contributed by atoms with E-state index in [0.717, 1.165) is 43.4 Å². The lowest BCUT2D eigenvalue weighted by Gasteiger charge is -2.36. The smallest absolute Gasteiger partial charge is 0.168 e. The average molecular weight is 326 g/mol. The zero-order valence-electron chi connectivity index (χ0n) is 11.2. The van der Waals surface area contributed by atoms with E-state index in [9.17, 15) is 0 Å². The number of nitrogens with one attached hydrogen (secondary N) is 1. The van der Waals surface area contributed by atoms with Crippen molar-refractivity contribution in [2.45, 2.75) is 44.4 Å². The van der Waals surface area contributed by atoms with E-state index in [0.29, 0.717) is 6.04 Å². The molecule has 104 valence electrons. The van der Waals surface area contributed by atoms with Crippen LogP contribution in [0.15, 0.2) is 22.7 Å². The second kappa shape index (κ2) is 5.43. The third kappa shape index (κ3) is 2.96. The Morgan fingerprint density at radius 3 is 2.53 bits per heavy atom. The van der Waals surface area contributed by atoms with Crippen LogP contribution in [0.2, 0.25) is 0 Å². The predicted molar refractivity (Wildman–Crippen MR) is 79.4 cm³/mol. The molecule has 1 N–H and O–H groups in total. The van der Waals surface area contributed by atoms with Crippen LogP contribution in [0.25, 0.3) is 0 Å². The molecule has 1 aromatic carbocycles. The van der Waals surface area contributed by atoms with E-state index in [-0.39, 0.29) is 5.79 Å². The number of benzene rings is 1. The number of halogens is 1.